The fourth-order valence-electron chi connectivity index (χ4n) is 2.43. The molecule has 0 saturated heterocycles. The fourth-order valence-corrected chi connectivity index (χ4v) is 2.68. The first-order valence-electron chi connectivity index (χ1n) is 6.98. The molecule has 4 heteroatoms. The van der Waals surface area contributed by atoms with E-state index in [0.29, 0.717) is 11.6 Å². The highest BCUT2D eigenvalue weighted by atomic mass is 35.5. The molecule has 0 bridgehead atoms. The summed E-state index contributed by atoms with van der Waals surface area (Å²) in [6, 6.07) is 10.4. The van der Waals surface area contributed by atoms with Gasteiger partial charge in [-0.3, -0.25) is 4.68 Å². The number of halogens is 1. The van der Waals surface area contributed by atoms with E-state index in [9.17, 15) is 5.11 Å². The van der Waals surface area contributed by atoms with Crippen molar-refractivity contribution in [2.45, 2.75) is 38.7 Å². The van der Waals surface area contributed by atoms with Gasteiger partial charge in [0.15, 0.2) is 0 Å². The fraction of sp³-hybridized carbons (Fsp3) is 0.438. The highest BCUT2D eigenvalue weighted by Gasteiger charge is 2.15. The molecule has 0 radical (unpaired) electrons. The molecule has 3 nitrogen and oxygen atoms in total. The van der Waals surface area contributed by atoms with Crippen molar-refractivity contribution in [1.29, 1.82) is 0 Å². The van der Waals surface area contributed by atoms with E-state index in [1.54, 1.807) is 4.68 Å². The van der Waals surface area contributed by atoms with Gasteiger partial charge in [0.1, 0.15) is 5.15 Å². The van der Waals surface area contributed by atoms with Crippen LogP contribution in [0.2, 0.25) is 5.15 Å². The Morgan fingerprint density at radius 2 is 2.00 bits per heavy atom. The maximum Gasteiger partial charge on any atom is 0.130 e. The van der Waals surface area contributed by atoms with Crippen LogP contribution < -0.4 is 0 Å². The van der Waals surface area contributed by atoms with Gasteiger partial charge in [-0.2, -0.15) is 5.10 Å². The molecule has 0 aliphatic rings. The Morgan fingerprint density at radius 3 is 2.60 bits per heavy atom. The Hall–Kier alpha value is -1.32. The molecule has 0 fully saturated rings. The van der Waals surface area contributed by atoms with Crippen molar-refractivity contribution in [3.8, 4) is 0 Å². The molecule has 0 spiro atoms. The molecule has 2 rings (SSSR count). The minimum Gasteiger partial charge on any atom is -0.393 e. The third kappa shape index (κ3) is 3.84. The van der Waals surface area contributed by atoms with E-state index in [4.69, 9.17) is 11.6 Å². The van der Waals surface area contributed by atoms with Crippen LogP contribution in [0.3, 0.4) is 0 Å². The van der Waals surface area contributed by atoms with Gasteiger partial charge >= 0.3 is 0 Å². The highest BCUT2D eigenvalue weighted by molar-refractivity contribution is 6.30. The lowest BCUT2D eigenvalue weighted by molar-refractivity contribution is 0.162. The van der Waals surface area contributed by atoms with Crippen LogP contribution in [0.5, 0.6) is 0 Å². The molecule has 1 unspecified atom stereocenters. The summed E-state index contributed by atoms with van der Waals surface area (Å²) in [4.78, 5) is 0. The number of hydrogen-bond acceptors (Lipinski definition) is 2. The Morgan fingerprint density at radius 1 is 1.30 bits per heavy atom. The summed E-state index contributed by atoms with van der Waals surface area (Å²) in [5, 5.41) is 15.0. The van der Waals surface area contributed by atoms with Gasteiger partial charge in [-0.25, -0.2) is 0 Å². The summed E-state index contributed by atoms with van der Waals surface area (Å²) < 4.78 is 1.66. The van der Waals surface area contributed by atoms with Crippen LogP contribution in [-0.4, -0.2) is 21.0 Å². The Labute approximate surface area is 125 Å². The number of aliphatic hydroxyl groups excluding tert-OH is 1. The predicted octanol–water partition coefficient (Wildman–Crippen LogP) is 3.31. The zero-order valence-electron chi connectivity index (χ0n) is 12.0. The average molecular weight is 293 g/mol. The molecule has 0 saturated carbocycles. The topological polar surface area (TPSA) is 38.0 Å². The first-order valence-corrected chi connectivity index (χ1v) is 7.35. The normalized spacial score (nSPS) is 12.6. The van der Waals surface area contributed by atoms with Gasteiger partial charge < -0.3 is 5.11 Å². The highest BCUT2D eigenvalue weighted by Crippen LogP contribution is 2.21. The zero-order valence-corrected chi connectivity index (χ0v) is 12.8. The molecule has 20 heavy (non-hydrogen) atoms. The number of nitrogens with zero attached hydrogens (tertiary/aromatic N) is 2. The zero-order chi connectivity index (χ0) is 14.5. The van der Waals surface area contributed by atoms with Crippen molar-refractivity contribution in [1.82, 2.24) is 9.78 Å². The van der Waals surface area contributed by atoms with Crippen LogP contribution in [0.4, 0.5) is 0 Å². The van der Waals surface area contributed by atoms with Crippen molar-refractivity contribution >= 4 is 11.6 Å². The quantitative estimate of drug-likeness (QED) is 0.887. The first-order chi connectivity index (χ1) is 9.58. The molecule has 2 aromatic rings. The lowest BCUT2D eigenvalue weighted by Gasteiger charge is -2.10. The van der Waals surface area contributed by atoms with Gasteiger partial charge in [0.2, 0.25) is 0 Å². The molecule has 1 aromatic carbocycles. The molecule has 1 heterocycles. The number of hydrogen-bond donors (Lipinski definition) is 1. The monoisotopic (exact) mass is 292 g/mol. The van der Waals surface area contributed by atoms with E-state index < -0.39 is 0 Å². The molecular formula is C16H21ClN2O. The van der Waals surface area contributed by atoms with Crippen LogP contribution in [0.1, 0.15) is 29.7 Å². The van der Waals surface area contributed by atoms with E-state index >= 15 is 0 Å². The van der Waals surface area contributed by atoms with Crippen molar-refractivity contribution in [2.75, 3.05) is 0 Å². The SMILES string of the molecule is Cc1nn(C)c(Cl)c1CC(O)CCCc1ccccc1. The summed E-state index contributed by atoms with van der Waals surface area (Å²) in [6.07, 6.45) is 2.96. The van der Waals surface area contributed by atoms with Crippen molar-refractivity contribution in [2.24, 2.45) is 7.05 Å². The van der Waals surface area contributed by atoms with Crippen LogP contribution in [0.25, 0.3) is 0 Å². The number of aryl methyl sites for hydroxylation is 3. The van der Waals surface area contributed by atoms with Crippen LogP contribution in [0.15, 0.2) is 30.3 Å². The maximum absolute atomic E-state index is 10.1. The molecular weight excluding hydrogens is 272 g/mol. The smallest absolute Gasteiger partial charge is 0.130 e. The number of benzene rings is 1. The Bertz CT molecular complexity index is 551. The lowest BCUT2D eigenvalue weighted by Crippen LogP contribution is -2.11. The third-order valence-corrected chi connectivity index (χ3v) is 4.03. The molecule has 1 aromatic heterocycles. The summed E-state index contributed by atoms with van der Waals surface area (Å²) >= 11 is 6.18. The molecule has 1 N–H and O–H groups in total. The summed E-state index contributed by atoms with van der Waals surface area (Å²) in [6.45, 7) is 1.93. The van der Waals surface area contributed by atoms with E-state index in [1.807, 2.05) is 32.2 Å². The molecule has 0 aliphatic heterocycles. The standard InChI is InChI=1S/C16H21ClN2O/c1-12-15(16(17)19(2)18-12)11-14(20)10-6-9-13-7-4-3-5-8-13/h3-5,7-8,14,20H,6,9-11H2,1-2H3. The average Bonchev–Trinajstić information content (AvgIpc) is 2.67. The van der Waals surface area contributed by atoms with Crippen LogP contribution >= 0.6 is 11.6 Å². The second kappa shape index (κ2) is 6.91. The Kier molecular flexibility index (Phi) is 5.21. The van der Waals surface area contributed by atoms with Crippen molar-refractivity contribution < 1.29 is 5.11 Å². The summed E-state index contributed by atoms with van der Waals surface area (Å²) in [5.74, 6) is 0. The van der Waals surface area contributed by atoms with E-state index in [2.05, 4.69) is 17.2 Å². The van der Waals surface area contributed by atoms with Gasteiger partial charge in [0, 0.05) is 19.0 Å². The van der Waals surface area contributed by atoms with Gasteiger partial charge in [-0.05, 0) is 31.7 Å². The minimum absolute atomic E-state index is 0.362. The predicted molar refractivity (Wildman–Crippen MR) is 82.0 cm³/mol. The molecule has 0 aliphatic carbocycles. The maximum atomic E-state index is 10.1. The molecule has 0 amide bonds. The van der Waals surface area contributed by atoms with Gasteiger partial charge in [-0.1, -0.05) is 41.9 Å². The van der Waals surface area contributed by atoms with Crippen LogP contribution in [-0.2, 0) is 19.9 Å². The van der Waals surface area contributed by atoms with E-state index in [-0.39, 0.29) is 6.10 Å². The lowest BCUT2D eigenvalue weighted by atomic mass is 10.0. The second-order valence-electron chi connectivity index (χ2n) is 5.21. The first kappa shape index (κ1) is 15.1. The van der Waals surface area contributed by atoms with Crippen molar-refractivity contribution in [3.63, 3.8) is 0 Å². The number of rotatable bonds is 6. The second-order valence-corrected chi connectivity index (χ2v) is 5.57. The van der Waals surface area contributed by atoms with Gasteiger partial charge in [-0.15, -0.1) is 0 Å². The molecule has 1 atom stereocenters. The largest absolute Gasteiger partial charge is 0.393 e. The minimum atomic E-state index is -0.362. The number of aliphatic hydroxyl groups is 1. The van der Waals surface area contributed by atoms with E-state index in [1.165, 1.54) is 5.56 Å². The molecule has 108 valence electrons. The summed E-state index contributed by atoms with van der Waals surface area (Å²) in [5.41, 5.74) is 3.18. The van der Waals surface area contributed by atoms with Crippen molar-refractivity contribution in [3.05, 3.63) is 52.3 Å². The Balaban J connectivity index is 1.82. The van der Waals surface area contributed by atoms with Gasteiger partial charge in [0.25, 0.3) is 0 Å². The van der Waals surface area contributed by atoms with Gasteiger partial charge in [0.05, 0.1) is 11.8 Å². The summed E-state index contributed by atoms with van der Waals surface area (Å²) in [7, 11) is 1.82. The van der Waals surface area contributed by atoms with E-state index in [0.717, 1.165) is 30.5 Å². The third-order valence-electron chi connectivity index (χ3n) is 3.56. The van der Waals surface area contributed by atoms with Crippen LogP contribution in [0, 0.1) is 6.92 Å². The number of aromatic nitrogens is 2.